The first-order valence-corrected chi connectivity index (χ1v) is 8.82. The van der Waals surface area contributed by atoms with E-state index in [9.17, 15) is 9.59 Å². The Morgan fingerprint density at radius 3 is 2.83 bits per heavy atom. The van der Waals surface area contributed by atoms with Gasteiger partial charge in [0.1, 0.15) is 5.25 Å². The highest BCUT2D eigenvalue weighted by Gasteiger charge is 2.33. The van der Waals surface area contributed by atoms with Crippen LogP contribution in [0, 0.1) is 13.8 Å². The molecular weight excluding hydrogens is 310 g/mol. The quantitative estimate of drug-likeness (QED) is 0.925. The van der Waals surface area contributed by atoms with Gasteiger partial charge < -0.3 is 10.2 Å². The lowest BCUT2D eigenvalue weighted by atomic mass is 10.1. The number of rotatable bonds is 3. The molecular formula is C17H21N3O2S. The molecule has 0 saturated carbocycles. The summed E-state index contributed by atoms with van der Waals surface area (Å²) in [5.74, 6) is -0.324. The van der Waals surface area contributed by atoms with E-state index in [1.165, 1.54) is 11.8 Å². The fraction of sp³-hybridized carbons (Fsp3) is 0.471. The van der Waals surface area contributed by atoms with Crippen LogP contribution in [-0.2, 0) is 9.59 Å². The largest absolute Gasteiger partial charge is 0.351 e. The van der Waals surface area contributed by atoms with Crippen LogP contribution in [0.3, 0.4) is 0 Å². The molecule has 2 amide bonds. The summed E-state index contributed by atoms with van der Waals surface area (Å²) in [6.45, 7) is 5.86. The summed E-state index contributed by atoms with van der Waals surface area (Å²) in [6.07, 6.45) is 2.45. The molecule has 0 aromatic heterocycles. The van der Waals surface area contributed by atoms with E-state index in [1.54, 1.807) is 0 Å². The monoisotopic (exact) mass is 331 g/mol. The smallest absolute Gasteiger partial charge is 0.262 e. The van der Waals surface area contributed by atoms with E-state index < -0.39 is 5.25 Å². The van der Waals surface area contributed by atoms with Crippen molar-refractivity contribution in [3.05, 3.63) is 29.3 Å². The summed E-state index contributed by atoms with van der Waals surface area (Å²) < 4.78 is 0. The number of carbonyl (C=O) groups is 2. The molecule has 1 aromatic carbocycles. The molecule has 1 N–H and O–H groups in total. The zero-order valence-corrected chi connectivity index (χ0v) is 14.3. The van der Waals surface area contributed by atoms with Gasteiger partial charge in [-0.15, -0.1) is 0 Å². The molecule has 1 fully saturated rings. The van der Waals surface area contributed by atoms with Gasteiger partial charge in [0.05, 0.1) is 0 Å². The lowest BCUT2D eigenvalue weighted by molar-refractivity contribution is -0.121. The Kier molecular flexibility index (Phi) is 4.71. The van der Waals surface area contributed by atoms with Gasteiger partial charge in [-0.3, -0.25) is 9.59 Å². The van der Waals surface area contributed by atoms with E-state index in [1.807, 2.05) is 32.0 Å². The molecule has 0 bridgehead atoms. The fourth-order valence-corrected chi connectivity index (χ4v) is 3.91. The van der Waals surface area contributed by atoms with E-state index in [0.29, 0.717) is 0 Å². The number of carbonyl (C=O) groups excluding carboxylic acids is 2. The summed E-state index contributed by atoms with van der Waals surface area (Å²) in [4.78, 5) is 30.6. The van der Waals surface area contributed by atoms with Crippen LogP contribution in [0.1, 0.15) is 30.4 Å². The Bertz CT molecular complexity index is 666. The van der Waals surface area contributed by atoms with Crippen LogP contribution in [0.25, 0.3) is 0 Å². The lowest BCUT2D eigenvalue weighted by Gasteiger charge is -2.16. The molecule has 2 aliphatic rings. The number of nitrogens with one attached hydrogen (secondary N) is 1. The molecule has 23 heavy (non-hydrogen) atoms. The zero-order valence-electron chi connectivity index (χ0n) is 13.5. The minimum absolute atomic E-state index is 0.137. The van der Waals surface area contributed by atoms with Crippen molar-refractivity contribution >= 4 is 34.4 Å². The van der Waals surface area contributed by atoms with Gasteiger partial charge in [0.2, 0.25) is 5.91 Å². The topological polar surface area (TPSA) is 61.8 Å². The van der Waals surface area contributed by atoms with Gasteiger partial charge in [-0.05, 0) is 43.9 Å². The third-order valence-corrected chi connectivity index (χ3v) is 5.36. The van der Waals surface area contributed by atoms with Gasteiger partial charge in [0, 0.05) is 25.2 Å². The molecule has 1 aromatic rings. The Morgan fingerprint density at radius 2 is 2.09 bits per heavy atom. The van der Waals surface area contributed by atoms with Crippen molar-refractivity contribution in [2.45, 2.75) is 38.4 Å². The van der Waals surface area contributed by atoms with E-state index >= 15 is 0 Å². The molecule has 2 heterocycles. The van der Waals surface area contributed by atoms with Crippen molar-refractivity contribution in [1.82, 2.24) is 4.90 Å². The predicted octanol–water partition coefficient (Wildman–Crippen LogP) is 2.73. The molecule has 1 atom stereocenters. The highest BCUT2D eigenvalue weighted by molar-refractivity contribution is 8.15. The number of benzene rings is 1. The molecule has 122 valence electrons. The number of hydrogen-bond donors (Lipinski definition) is 1. The average Bonchev–Trinajstić information content (AvgIpc) is 3.13. The van der Waals surface area contributed by atoms with Crippen LogP contribution in [0.5, 0.6) is 0 Å². The first-order valence-electron chi connectivity index (χ1n) is 7.94. The Labute approximate surface area is 140 Å². The predicted molar refractivity (Wildman–Crippen MR) is 93.8 cm³/mol. The van der Waals surface area contributed by atoms with Crippen molar-refractivity contribution in [1.29, 1.82) is 0 Å². The SMILES string of the molecule is Cc1ccc(C)c(NC(=O)CC2SC(N3CCCC3)=NC2=O)c1. The van der Waals surface area contributed by atoms with E-state index in [-0.39, 0.29) is 18.2 Å². The highest BCUT2D eigenvalue weighted by Crippen LogP contribution is 2.29. The maximum absolute atomic E-state index is 12.3. The summed E-state index contributed by atoms with van der Waals surface area (Å²) in [7, 11) is 0. The Balaban J connectivity index is 1.58. The number of aliphatic imine (C=N–C) groups is 1. The van der Waals surface area contributed by atoms with Crippen molar-refractivity contribution in [3.63, 3.8) is 0 Å². The number of aryl methyl sites for hydroxylation is 2. The second kappa shape index (κ2) is 6.74. The minimum Gasteiger partial charge on any atom is -0.351 e. The van der Waals surface area contributed by atoms with Crippen molar-refractivity contribution < 1.29 is 9.59 Å². The van der Waals surface area contributed by atoms with Gasteiger partial charge in [-0.1, -0.05) is 23.9 Å². The first kappa shape index (κ1) is 16.1. The van der Waals surface area contributed by atoms with Gasteiger partial charge in [0.15, 0.2) is 5.17 Å². The second-order valence-corrected chi connectivity index (χ2v) is 7.27. The molecule has 1 saturated heterocycles. The molecule has 1 unspecified atom stereocenters. The van der Waals surface area contributed by atoms with E-state index in [2.05, 4.69) is 15.2 Å². The number of nitrogens with zero attached hydrogens (tertiary/aromatic N) is 2. The maximum Gasteiger partial charge on any atom is 0.262 e. The van der Waals surface area contributed by atoms with Gasteiger partial charge in [-0.2, -0.15) is 4.99 Å². The normalized spacial score (nSPS) is 20.8. The summed E-state index contributed by atoms with van der Waals surface area (Å²) in [5, 5.41) is 3.31. The number of amides is 2. The average molecular weight is 331 g/mol. The van der Waals surface area contributed by atoms with Crippen LogP contribution in [0.4, 0.5) is 5.69 Å². The molecule has 2 aliphatic heterocycles. The number of likely N-dealkylation sites (tertiary alicyclic amines) is 1. The third kappa shape index (κ3) is 3.75. The summed E-state index contributed by atoms with van der Waals surface area (Å²) >= 11 is 1.43. The Hall–Kier alpha value is -1.82. The molecule has 3 rings (SSSR count). The number of amidine groups is 1. The lowest BCUT2D eigenvalue weighted by Crippen LogP contribution is -2.25. The molecule has 0 radical (unpaired) electrons. The number of anilines is 1. The Morgan fingerprint density at radius 1 is 1.35 bits per heavy atom. The number of hydrogen-bond acceptors (Lipinski definition) is 4. The van der Waals surface area contributed by atoms with Crippen LogP contribution >= 0.6 is 11.8 Å². The third-order valence-electron chi connectivity index (χ3n) is 4.14. The van der Waals surface area contributed by atoms with Gasteiger partial charge in [-0.25, -0.2) is 0 Å². The zero-order chi connectivity index (χ0) is 16.4. The summed E-state index contributed by atoms with van der Waals surface area (Å²) in [6, 6.07) is 5.94. The van der Waals surface area contributed by atoms with Crippen LogP contribution in [-0.4, -0.2) is 40.2 Å². The van der Waals surface area contributed by atoms with Crippen LogP contribution < -0.4 is 5.32 Å². The molecule has 5 nitrogen and oxygen atoms in total. The minimum atomic E-state index is -0.393. The summed E-state index contributed by atoms with van der Waals surface area (Å²) in [5.41, 5.74) is 2.92. The van der Waals surface area contributed by atoms with Gasteiger partial charge in [0.25, 0.3) is 5.91 Å². The second-order valence-electron chi connectivity index (χ2n) is 6.10. The standard InChI is InChI=1S/C17H21N3O2S/c1-11-5-6-12(2)13(9-11)18-15(21)10-14-16(22)19-17(23-14)20-7-3-4-8-20/h5-6,9,14H,3-4,7-8,10H2,1-2H3,(H,18,21). The molecule has 0 aliphatic carbocycles. The molecule has 0 spiro atoms. The highest BCUT2D eigenvalue weighted by atomic mass is 32.2. The van der Waals surface area contributed by atoms with E-state index in [4.69, 9.17) is 0 Å². The maximum atomic E-state index is 12.3. The van der Waals surface area contributed by atoms with E-state index in [0.717, 1.165) is 47.9 Å². The van der Waals surface area contributed by atoms with Crippen molar-refractivity contribution in [2.24, 2.45) is 4.99 Å². The van der Waals surface area contributed by atoms with Crippen molar-refractivity contribution in [3.8, 4) is 0 Å². The molecule has 6 heteroatoms. The van der Waals surface area contributed by atoms with Crippen LogP contribution in [0.15, 0.2) is 23.2 Å². The van der Waals surface area contributed by atoms with Gasteiger partial charge >= 0.3 is 0 Å². The van der Waals surface area contributed by atoms with Crippen molar-refractivity contribution in [2.75, 3.05) is 18.4 Å². The van der Waals surface area contributed by atoms with Crippen LogP contribution in [0.2, 0.25) is 0 Å². The number of thioether (sulfide) groups is 1. The fourth-order valence-electron chi connectivity index (χ4n) is 2.79. The first-order chi connectivity index (χ1) is 11.0.